The van der Waals surface area contributed by atoms with Crippen molar-refractivity contribution < 1.29 is 19.0 Å². The van der Waals surface area contributed by atoms with Crippen LogP contribution in [0.4, 0.5) is 0 Å². The van der Waals surface area contributed by atoms with Crippen LogP contribution in [-0.2, 0) is 0 Å². The highest BCUT2D eigenvalue weighted by atomic mass is 16.5. The third kappa shape index (κ3) is 5.41. The average molecular weight is 438 g/mol. The van der Waals surface area contributed by atoms with Gasteiger partial charge >= 0.3 is 0 Å². The van der Waals surface area contributed by atoms with Gasteiger partial charge in [0.1, 0.15) is 22.9 Å². The molecule has 2 aromatic carbocycles. The molecule has 0 radical (unpaired) electrons. The minimum absolute atomic E-state index is 0.163. The summed E-state index contributed by atoms with van der Waals surface area (Å²) in [5.41, 5.74) is 2.63. The highest BCUT2D eigenvalue weighted by molar-refractivity contribution is 5.94. The number of carbonyl (C=O) groups excluding carboxylic acids is 1. The number of benzene rings is 2. The molecule has 3 aromatic rings. The lowest BCUT2D eigenvalue weighted by molar-refractivity contribution is 0.0945. The Labute approximate surface area is 189 Å². The summed E-state index contributed by atoms with van der Waals surface area (Å²) >= 11 is 0. The molecular weight excluding hydrogens is 406 g/mol. The fourth-order valence-electron chi connectivity index (χ4n) is 3.45. The molecule has 0 spiro atoms. The zero-order chi connectivity index (χ0) is 22.9. The number of methoxy groups -OCH3 is 3. The maximum Gasteiger partial charge on any atom is 0.270 e. The summed E-state index contributed by atoms with van der Waals surface area (Å²) in [6, 6.07) is 14.7. The molecule has 1 N–H and O–H groups in total. The molecule has 0 saturated carbocycles. The first kappa shape index (κ1) is 23.2. The fraction of sp³-hybridized carbons (Fsp3) is 0.360. The van der Waals surface area contributed by atoms with E-state index in [-0.39, 0.29) is 5.91 Å². The first-order chi connectivity index (χ1) is 15.6. The number of nitrogens with zero attached hydrogens (tertiary/aromatic N) is 2. The van der Waals surface area contributed by atoms with Crippen LogP contribution in [0.5, 0.6) is 17.2 Å². The predicted octanol–water partition coefficient (Wildman–Crippen LogP) is 4.88. The number of nitrogens with one attached hydrogen (secondary N) is 1. The van der Waals surface area contributed by atoms with Gasteiger partial charge in [0.15, 0.2) is 0 Å². The molecule has 170 valence electrons. The van der Waals surface area contributed by atoms with Crippen LogP contribution in [0.3, 0.4) is 0 Å². The van der Waals surface area contributed by atoms with Crippen molar-refractivity contribution in [1.82, 2.24) is 15.1 Å². The Balaban J connectivity index is 1.97. The van der Waals surface area contributed by atoms with Gasteiger partial charge in [-0.1, -0.05) is 26.2 Å². The van der Waals surface area contributed by atoms with Gasteiger partial charge in [0.2, 0.25) is 0 Å². The molecule has 1 heterocycles. The van der Waals surface area contributed by atoms with E-state index in [4.69, 9.17) is 19.3 Å². The molecule has 3 rings (SSSR count). The summed E-state index contributed by atoms with van der Waals surface area (Å²) in [6.07, 6.45) is 4.38. The zero-order valence-corrected chi connectivity index (χ0v) is 19.2. The van der Waals surface area contributed by atoms with E-state index in [9.17, 15) is 4.79 Å². The Morgan fingerprint density at radius 1 is 0.906 bits per heavy atom. The van der Waals surface area contributed by atoms with Gasteiger partial charge in [0.05, 0.1) is 32.7 Å². The lowest BCUT2D eigenvalue weighted by atomic mass is 10.1. The normalized spacial score (nSPS) is 10.6. The van der Waals surface area contributed by atoms with Crippen LogP contribution >= 0.6 is 0 Å². The third-order valence-corrected chi connectivity index (χ3v) is 5.26. The first-order valence-electron chi connectivity index (χ1n) is 10.9. The van der Waals surface area contributed by atoms with E-state index in [2.05, 4.69) is 12.2 Å². The van der Waals surface area contributed by atoms with Crippen LogP contribution in [-0.4, -0.2) is 43.6 Å². The zero-order valence-electron chi connectivity index (χ0n) is 19.2. The lowest BCUT2D eigenvalue weighted by Crippen LogP contribution is -2.26. The molecule has 0 saturated heterocycles. The van der Waals surface area contributed by atoms with Crippen LogP contribution in [0.2, 0.25) is 0 Å². The number of hydrogen-bond acceptors (Lipinski definition) is 5. The first-order valence-corrected chi connectivity index (χ1v) is 10.9. The van der Waals surface area contributed by atoms with Crippen LogP contribution in [0.1, 0.15) is 43.1 Å². The molecule has 0 aliphatic carbocycles. The summed E-state index contributed by atoms with van der Waals surface area (Å²) in [5, 5.41) is 7.77. The quantitative estimate of drug-likeness (QED) is 0.433. The molecule has 0 bridgehead atoms. The van der Waals surface area contributed by atoms with Crippen molar-refractivity contribution in [3.8, 4) is 34.2 Å². The van der Waals surface area contributed by atoms with Crippen molar-refractivity contribution in [2.24, 2.45) is 0 Å². The molecule has 7 nitrogen and oxygen atoms in total. The van der Waals surface area contributed by atoms with Crippen molar-refractivity contribution >= 4 is 5.91 Å². The number of hydrogen-bond donors (Lipinski definition) is 1. The third-order valence-electron chi connectivity index (χ3n) is 5.26. The minimum atomic E-state index is -0.163. The van der Waals surface area contributed by atoms with Gasteiger partial charge in [-0.2, -0.15) is 5.10 Å². The van der Waals surface area contributed by atoms with Gasteiger partial charge < -0.3 is 19.5 Å². The molecule has 0 aliphatic rings. The number of unbranched alkanes of at least 4 members (excludes halogenated alkanes) is 3. The minimum Gasteiger partial charge on any atom is -0.497 e. The van der Waals surface area contributed by atoms with Gasteiger partial charge in [0, 0.05) is 18.2 Å². The van der Waals surface area contributed by atoms with E-state index in [0.717, 1.165) is 36.3 Å². The van der Waals surface area contributed by atoms with Crippen molar-refractivity contribution in [3.05, 3.63) is 54.2 Å². The smallest absolute Gasteiger partial charge is 0.270 e. The standard InChI is InChI=1S/C25H31N3O4/c1-5-6-7-8-15-26-25(29)23-17-22(21-14-13-20(31-3)16-24(21)32-4)27-28(23)18-9-11-19(30-2)12-10-18/h9-14,16-17H,5-8,15H2,1-4H3,(H,26,29). The Kier molecular flexibility index (Phi) is 8.14. The molecule has 0 fully saturated rings. The molecule has 0 unspecified atom stereocenters. The average Bonchev–Trinajstić information content (AvgIpc) is 3.28. The van der Waals surface area contributed by atoms with Gasteiger partial charge in [0.25, 0.3) is 5.91 Å². The maximum absolute atomic E-state index is 13.0. The van der Waals surface area contributed by atoms with Gasteiger partial charge in [-0.25, -0.2) is 4.68 Å². The van der Waals surface area contributed by atoms with Crippen LogP contribution in [0.15, 0.2) is 48.5 Å². The van der Waals surface area contributed by atoms with E-state index in [1.54, 1.807) is 38.1 Å². The van der Waals surface area contributed by atoms with Gasteiger partial charge in [-0.05, 0) is 48.9 Å². The Bertz CT molecular complexity index is 1030. The number of amides is 1. The predicted molar refractivity (Wildman–Crippen MR) is 125 cm³/mol. The molecule has 1 aromatic heterocycles. The molecule has 0 atom stereocenters. The van der Waals surface area contributed by atoms with E-state index >= 15 is 0 Å². The molecule has 1 amide bonds. The van der Waals surface area contributed by atoms with Crippen molar-refractivity contribution in [3.63, 3.8) is 0 Å². The Morgan fingerprint density at radius 3 is 2.28 bits per heavy atom. The lowest BCUT2D eigenvalue weighted by Gasteiger charge is -2.09. The molecule has 7 heteroatoms. The van der Waals surface area contributed by atoms with E-state index in [0.29, 0.717) is 29.4 Å². The number of ether oxygens (including phenoxy) is 3. The second-order valence-corrected chi connectivity index (χ2v) is 7.41. The number of carbonyl (C=O) groups is 1. The second-order valence-electron chi connectivity index (χ2n) is 7.41. The molecule has 0 aliphatic heterocycles. The highest BCUT2D eigenvalue weighted by Gasteiger charge is 2.19. The highest BCUT2D eigenvalue weighted by Crippen LogP contribution is 2.33. The van der Waals surface area contributed by atoms with Crippen molar-refractivity contribution in [2.45, 2.75) is 32.6 Å². The molecule has 32 heavy (non-hydrogen) atoms. The van der Waals surface area contributed by atoms with Crippen molar-refractivity contribution in [2.75, 3.05) is 27.9 Å². The van der Waals surface area contributed by atoms with Crippen molar-refractivity contribution in [1.29, 1.82) is 0 Å². The summed E-state index contributed by atoms with van der Waals surface area (Å²) < 4.78 is 17.8. The van der Waals surface area contributed by atoms with E-state index in [1.165, 1.54) is 6.42 Å². The summed E-state index contributed by atoms with van der Waals surface area (Å²) in [7, 11) is 4.83. The number of aromatic nitrogens is 2. The van der Waals surface area contributed by atoms with Crippen LogP contribution in [0, 0.1) is 0 Å². The summed E-state index contributed by atoms with van der Waals surface area (Å²) in [4.78, 5) is 13.0. The second kappa shape index (κ2) is 11.2. The van der Waals surface area contributed by atoms with Crippen LogP contribution < -0.4 is 19.5 Å². The number of rotatable bonds is 11. The summed E-state index contributed by atoms with van der Waals surface area (Å²) in [6.45, 7) is 2.80. The topological polar surface area (TPSA) is 74.6 Å². The van der Waals surface area contributed by atoms with Gasteiger partial charge in [-0.3, -0.25) is 4.79 Å². The Morgan fingerprint density at radius 2 is 1.62 bits per heavy atom. The van der Waals surface area contributed by atoms with E-state index in [1.807, 2.05) is 36.4 Å². The van der Waals surface area contributed by atoms with Crippen LogP contribution in [0.25, 0.3) is 16.9 Å². The largest absolute Gasteiger partial charge is 0.497 e. The summed E-state index contributed by atoms with van der Waals surface area (Å²) in [5.74, 6) is 1.88. The van der Waals surface area contributed by atoms with Gasteiger partial charge in [-0.15, -0.1) is 0 Å². The maximum atomic E-state index is 13.0. The SMILES string of the molecule is CCCCCCNC(=O)c1cc(-c2ccc(OC)cc2OC)nn1-c1ccc(OC)cc1. The van der Waals surface area contributed by atoms with E-state index < -0.39 is 0 Å². The fourth-order valence-corrected chi connectivity index (χ4v) is 3.45. The monoisotopic (exact) mass is 437 g/mol. The molecular formula is C25H31N3O4. The Hall–Kier alpha value is -3.48.